The lowest BCUT2D eigenvalue weighted by Gasteiger charge is -2.28. The second kappa shape index (κ2) is 7.57. The Hall–Kier alpha value is -2.37. The number of ketones is 1. The van der Waals surface area contributed by atoms with Gasteiger partial charge in [0.15, 0.2) is 11.5 Å². The second-order valence-corrected chi connectivity index (χ2v) is 7.80. The maximum absolute atomic E-state index is 13.6. The molecule has 1 N–H and O–H groups in total. The van der Waals surface area contributed by atoms with E-state index >= 15 is 0 Å². The summed E-state index contributed by atoms with van der Waals surface area (Å²) in [4.78, 5) is 27.0. The Bertz CT molecular complexity index is 1020. The molecular formula is C21H18Cl2FNO3. The number of aliphatic hydroxyl groups excluding tert-OH is 1. The molecule has 1 aliphatic heterocycles. The SMILES string of the molecule is Cc1cc(Cl)ccc1C1C(C(=O)C(C)C)=C(O)C(=O)N1c1ccc(F)c(Cl)c1. The number of hydrogen-bond donors (Lipinski definition) is 1. The molecule has 0 bridgehead atoms. The molecule has 1 atom stereocenters. The number of Topliss-reactive ketones (excluding diaryl/α,β-unsaturated/α-hetero) is 1. The van der Waals surface area contributed by atoms with Crippen molar-refractivity contribution in [1.82, 2.24) is 0 Å². The number of aryl methyl sites for hydroxylation is 1. The summed E-state index contributed by atoms with van der Waals surface area (Å²) in [5, 5.41) is 10.9. The molecule has 0 fully saturated rings. The van der Waals surface area contributed by atoms with Crippen LogP contribution in [0.5, 0.6) is 0 Å². The minimum Gasteiger partial charge on any atom is -0.503 e. The molecule has 28 heavy (non-hydrogen) atoms. The summed E-state index contributed by atoms with van der Waals surface area (Å²) in [5.41, 5.74) is 1.65. The van der Waals surface area contributed by atoms with Crippen molar-refractivity contribution in [3.05, 3.63) is 74.7 Å². The molecule has 0 aromatic heterocycles. The smallest absolute Gasteiger partial charge is 0.294 e. The van der Waals surface area contributed by atoms with Crippen LogP contribution in [0.25, 0.3) is 0 Å². The van der Waals surface area contributed by atoms with Crippen molar-refractivity contribution in [3.8, 4) is 0 Å². The summed E-state index contributed by atoms with van der Waals surface area (Å²) >= 11 is 12.0. The van der Waals surface area contributed by atoms with Crippen LogP contribution in [0.3, 0.4) is 0 Å². The van der Waals surface area contributed by atoms with E-state index in [0.29, 0.717) is 10.6 Å². The lowest BCUT2D eigenvalue weighted by atomic mass is 9.89. The third kappa shape index (κ3) is 3.40. The average molecular weight is 422 g/mol. The van der Waals surface area contributed by atoms with Gasteiger partial charge in [0.2, 0.25) is 0 Å². The van der Waals surface area contributed by atoms with Gasteiger partial charge in [-0.1, -0.05) is 43.1 Å². The van der Waals surface area contributed by atoms with Gasteiger partial charge >= 0.3 is 0 Å². The Labute approximate surface area is 172 Å². The van der Waals surface area contributed by atoms with E-state index in [4.69, 9.17) is 23.2 Å². The highest BCUT2D eigenvalue weighted by atomic mass is 35.5. The fraction of sp³-hybridized carbons (Fsp3) is 0.238. The predicted molar refractivity (Wildman–Crippen MR) is 107 cm³/mol. The van der Waals surface area contributed by atoms with Gasteiger partial charge in [-0.2, -0.15) is 0 Å². The van der Waals surface area contributed by atoms with Gasteiger partial charge in [0.05, 0.1) is 16.6 Å². The first-order valence-electron chi connectivity index (χ1n) is 8.65. The summed E-state index contributed by atoms with van der Waals surface area (Å²) in [6.45, 7) is 5.18. The van der Waals surface area contributed by atoms with Gasteiger partial charge < -0.3 is 5.11 Å². The van der Waals surface area contributed by atoms with E-state index in [2.05, 4.69) is 0 Å². The molecule has 1 amide bonds. The summed E-state index contributed by atoms with van der Waals surface area (Å²) in [7, 11) is 0. The van der Waals surface area contributed by atoms with E-state index in [1.54, 1.807) is 39.0 Å². The number of benzene rings is 2. The Balaban J connectivity index is 2.25. The maximum Gasteiger partial charge on any atom is 0.294 e. The number of aliphatic hydroxyl groups is 1. The lowest BCUT2D eigenvalue weighted by Crippen LogP contribution is -2.32. The fourth-order valence-corrected chi connectivity index (χ4v) is 3.71. The van der Waals surface area contributed by atoms with Crippen LogP contribution in [-0.2, 0) is 9.59 Å². The van der Waals surface area contributed by atoms with Crippen LogP contribution in [0.1, 0.15) is 31.0 Å². The second-order valence-electron chi connectivity index (χ2n) is 6.96. The largest absolute Gasteiger partial charge is 0.503 e. The highest BCUT2D eigenvalue weighted by Gasteiger charge is 2.45. The molecule has 0 aliphatic carbocycles. The number of rotatable bonds is 4. The van der Waals surface area contributed by atoms with Gasteiger partial charge in [0.25, 0.3) is 5.91 Å². The molecule has 7 heteroatoms. The van der Waals surface area contributed by atoms with Gasteiger partial charge in [0.1, 0.15) is 5.82 Å². The molecule has 2 aromatic carbocycles. The number of amides is 1. The van der Waals surface area contributed by atoms with Crippen LogP contribution in [-0.4, -0.2) is 16.8 Å². The number of carbonyl (C=O) groups excluding carboxylic acids is 2. The fourth-order valence-electron chi connectivity index (χ4n) is 3.31. The number of halogens is 3. The van der Waals surface area contributed by atoms with Crippen LogP contribution < -0.4 is 4.90 Å². The minimum atomic E-state index is -0.874. The van der Waals surface area contributed by atoms with Crippen molar-refractivity contribution >= 4 is 40.6 Å². The molecule has 146 valence electrons. The highest BCUT2D eigenvalue weighted by molar-refractivity contribution is 6.31. The normalized spacial score (nSPS) is 17.0. The zero-order valence-corrected chi connectivity index (χ0v) is 17.0. The third-order valence-corrected chi connectivity index (χ3v) is 5.23. The first-order chi connectivity index (χ1) is 13.1. The highest BCUT2D eigenvalue weighted by Crippen LogP contribution is 2.43. The molecule has 0 saturated carbocycles. The molecule has 1 aliphatic rings. The zero-order chi connectivity index (χ0) is 20.7. The van der Waals surface area contributed by atoms with E-state index < -0.39 is 29.4 Å². The van der Waals surface area contributed by atoms with E-state index in [0.717, 1.165) is 11.6 Å². The van der Waals surface area contributed by atoms with Crippen LogP contribution in [0.2, 0.25) is 10.0 Å². The number of hydrogen-bond acceptors (Lipinski definition) is 3. The van der Waals surface area contributed by atoms with Gasteiger partial charge in [0, 0.05) is 16.6 Å². The van der Waals surface area contributed by atoms with Gasteiger partial charge in [-0.25, -0.2) is 4.39 Å². The zero-order valence-electron chi connectivity index (χ0n) is 15.5. The maximum atomic E-state index is 13.6. The van der Waals surface area contributed by atoms with Crippen molar-refractivity contribution in [2.45, 2.75) is 26.8 Å². The Morgan fingerprint density at radius 3 is 2.43 bits per heavy atom. The van der Waals surface area contributed by atoms with Crippen molar-refractivity contribution in [2.24, 2.45) is 5.92 Å². The number of nitrogens with zero attached hydrogens (tertiary/aromatic N) is 1. The van der Waals surface area contributed by atoms with Crippen LogP contribution in [0.15, 0.2) is 47.7 Å². The predicted octanol–water partition coefficient (Wildman–Crippen LogP) is 5.57. The van der Waals surface area contributed by atoms with E-state index in [1.165, 1.54) is 17.0 Å². The summed E-state index contributed by atoms with van der Waals surface area (Å²) in [6, 6.07) is 8.01. The molecule has 0 spiro atoms. The molecule has 4 nitrogen and oxygen atoms in total. The Kier molecular flexibility index (Phi) is 5.50. The van der Waals surface area contributed by atoms with Crippen LogP contribution >= 0.6 is 23.2 Å². The monoisotopic (exact) mass is 421 g/mol. The quantitative estimate of drug-likeness (QED) is 0.701. The first kappa shape index (κ1) is 20.4. The third-order valence-electron chi connectivity index (χ3n) is 4.71. The van der Waals surface area contributed by atoms with Crippen LogP contribution in [0.4, 0.5) is 10.1 Å². The van der Waals surface area contributed by atoms with Gasteiger partial charge in [-0.15, -0.1) is 0 Å². The Morgan fingerprint density at radius 2 is 1.86 bits per heavy atom. The standard InChI is InChI=1S/C21H18Cl2FNO3/c1-10(2)19(26)17-18(14-6-4-12(22)8-11(14)3)25(21(28)20(17)27)13-5-7-16(24)15(23)9-13/h4-10,18,27H,1-3H3. The van der Waals surface area contributed by atoms with Crippen molar-refractivity contribution < 1.29 is 19.1 Å². The van der Waals surface area contributed by atoms with Crippen molar-refractivity contribution in [1.29, 1.82) is 0 Å². The van der Waals surface area contributed by atoms with Gasteiger partial charge in [-0.3, -0.25) is 14.5 Å². The van der Waals surface area contributed by atoms with Crippen molar-refractivity contribution in [2.75, 3.05) is 4.90 Å². The molecule has 3 rings (SSSR count). The molecule has 0 saturated heterocycles. The topological polar surface area (TPSA) is 57.6 Å². The van der Waals surface area contributed by atoms with Crippen molar-refractivity contribution in [3.63, 3.8) is 0 Å². The summed E-state index contributed by atoms with van der Waals surface area (Å²) < 4.78 is 13.6. The molecule has 1 unspecified atom stereocenters. The van der Waals surface area contributed by atoms with Gasteiger partial charge in [-0.05, 0) is 48.4 Å². The number of anilines is 1. The Morgan fingerprint density at radius 1 is 1.18 bits per heavy atom. The summed E-state index contributed by atoms with van der Waals surface area (Å²) in [5.74, 6) is -2.77. The van der Waals surface area contributed by atoms with E-state index in [9.17, 15) is 19.1 Å². The van der Waals surface area contributed by atoms with E-state index in [1.807, 2.05) is 0 Å². The van der Waals surface area contributed by atoms with Crippen LogP contribution in [0, 0.1) is 18.7 Å². The lowest BCUT2D eigenvalue weighted by molar-refractivity contribution is -0.119. The molecule has 0 radical (unpaired) electrons. The molecule has 2 aromatic rings. The molecular weight excluding hydrogens is 404 g/mol. The van der Waals surface area contributed by atoms with E-state index in [-0.39, 0.29) is 22.1 Å². The minimum absolute atomic E-state index is 0.00544. The molecule has 1 heterocycles. The average Bonchev–Trinajstić information content (AvgIpc) is 2.88. The number of carbonyl (C=O) groups is 2. The summed E-state index contributed by atoms with van der Waals surface area (Å²) in [6.07, 6.45) is 0. The first-order valence-corrected chi connectivity index (χ1v) is 9.41.